The second-order valence-corrected chi connectivity index (χ2v) is 5.63. The van der Waals surface area contributed by atoms with Gasteiger partial charge in [0.05, 0.1) is 6.61 Å². The molecule has 0 aliphatic heterocycles. The zero-order valence-electron chi connectivity index (χ0n) is 12.2. The topological polar surface area (TPSA) is 72.0 Å². The van der Waals surface area contributed by atoms with E-state index < -0.39 is 0 Å². The van der Waals surface area contributed by atoms with Gasteiger partial charge in [0.1, 0.15) is 0 Å². The predicted octanol–water partition coefficient (Wildman–Crippen LogP) is 2.16. The zero-order chi connectivity index (χ0) is 13.9. The molecule has 0 saturated heterocycles. The summed E-state index contributed by atoms with van der Waals surface area (Å²) in [6.07, 6.45) is 2.18. The molecule has 19 heavy (non-hydrogen) atoms. The minimum Gasteiger partial charge on any atom is -0.463 e. The molecule has 0 spiro atoms. The first-order chi connectivity index (χ1) is 9.05. The van der Waals surface area contributed by atoms with Gasteiger partial charge in [-0.05, 0) is 24.2 Å². The Labute approximate surface area is 114 Å². The van der Waals surface area contributed by atoms with Crippen molar-refractivity contribution in [3.8, 4) is 6.01 Å². The maximum atomic E-state index is 5.46. The van der Waals surface area contributed by atoms with Crippen LogP contribution in [0.25, 0.3) is 0 Å². The molecule has 0 bridgehead atoms. The molecule has 1 aliphatic rings. The molecule has 6 heteroatoms. The maximum absolute atomic E-state index is 5.46. The lowest BCUT2D eigenvalue weighted by Crippen LogP contribution is -2.13. The fourth-order valence-corrected chi connectivity index (χ4v) is 1.94. The van der Waals surface area contributed by atoms with E-state index in [1.807, 2.05) is 0 Å². The van der Waals surface area contributed by atoms with Gasteiger partial charge in [-0.25, -0.2) is 0 Å². The van der Waals surface area contributed by atoms with Gasteiger partial charge in [-0.15, -0.1) is 0 Å². The molecule has 1 fully saturated rings. The Hall–Kier alpha value is -1.59. The van der Waals surface area contributed by atoms with E-state index in [4.69, 9.17) is 4.74 Å². The number of hydrogen-bond acceptors (Lipinski definition) is 6. The Bertz CT molecular complexity index is 435. The summed E-state index contributed by atoms with van der Waals surface area (Å²) in [5.74, 6) is 1.80. The minimum atomic E-state index is 0.374. The highest BCUT2D eigenvalue weighted by Crippen LogP contribution is 2.51. The molecule has 1 atom stereocenters. The molecule has 1 saturated carbocycles. The summed E-state index contributed by atoms with van der Waals surface area (Å²) < 4.78 is 5.46. The molecule has 0 radical (unpaired) electrons. The predicted molar refractivity (Wildman–Crippen MR) is 75.5 cm³/mol. The molecule has 1 unspecified atom stereocenters. The molecular formula is C13H23N5O. The van der Waals surface area contributed by atoms with Gasteiger partial charge in [-0.3, -0.25) is 0 Å². The molecule has 1 aromatic heterocycles. The number of rotatable bonds is 7. The number of nitrogens with zero attached hydrogens (tertiary/aromatic N) is 3. The second kappa shape index (κ2) is 5.59. The third-order valence-electron chi connectivity index (χ3n) is 3.50. The third kappa shape index (κ3) is 3.68. The first kappa shape index (κ1) is 13.8. The first-order valence-electron chi connectivity index (χ1n) is 6.85. The molecule has 0 amide bonds. The zero-order valence-corrected chi connectivity index (χ0v) is 12.2. The number of nitrogens with one attached hydrogen (secondary N) is 2. The fourth-order valence-electron chi connectivity index (χ4n) is 1.94. The van der Waals surface area contributed by atoms with Crippen molar-refractivity contribution >= 4 is 11.9 Å². The average Bonchev–Trinajstić information content (AvgIpc) is 3.01. The van der Waals surface area contributed by atoms with Gasteiger partial charge in [0.2, 0.25) is 11.9 Å². The molecular weight excluding hydrogens is 242 g/mol. The fraction of sp³-hybridized carbons (Fsp3) is 0.769. The SMILES string of the molecule is CCCOc1nc(NC)nc(NCC2CC2(C)C)n1. The second-order valence-electron chi connectivity index (χ2n) is 5.63. The van der Waals surface area contributed by atoms with E-state index >= 15 is 0 Å². The number of anilines is 2. The summed E-state index contributed by atoms with van der Waals surface area (Å²) in [6.45, 7) is 8.12. The summed E-state index contributed by atoms with van der Waals surface area (Å²) in [4.78, 5) is 12.7. The summed E-state index contributed by atoms with van der Waals surface area (Å²) in [7, 11) is 1.78. The largest absolute Gasteiger partial charge is 0.463 e. The molecule has 1 aromatic rings. The first-order valence-corrected chi connectivity index (χ1v) is 6.85. The van der Waals surface area contributed by atoms with Crippen molar-refractivity contribution in [1.82, 2.24) is 15.0 Å². The standard InChI is InChI=1S/C13H23N5O/c1-5-6-19-12-17-10(14-4)16-11(18-12)15-8-9-7-13(9,2)3/h9H,5-8H2,1-4H3,(H2,14,15,16,17,18). The van der Waals surface area contributed by atoms with Gasteiger partial charge in [0.25, 0.3) is 0 Å². The highest BCUT2D eigenvalue weighted by molar-refractivity contribution is 5.35. The maximum Gasteiger partial charge on any atom is 0.323 e. The number of ether oxygens (including phenoxy) is 1. The van der Waals surface area contributed by atoms with Crippen LogP contribution in [0.1, 0.15) is 33.6 Å². The summed E-state index contributed by atoms with van der Waals surface area (Å²) in [5.41, 5.74) is 0.452. The molecule has 0 aromatic carbocycles. The highest BCUT2D eigenvalue weighted by Gasteiger charge is 2.45. The van der Waals surface area contributed by atoms with Gasteiger partial charge in [0, 0.05) is 13.6 Å². The quantitative estimate of drug-likeness (QED) is 0.787. The van der Waals surface area contributed by atoms with Gasteiger partial charge in [-0.1, -0.05) is 20.8 Å². The van der Waals surface area contributed by atoms with Crippen LogP contribution in [-0.2, 0) is 0 Å². The summed E-state index contributed by atoms with van der Waals surface area (Å²) in [6, 6.07) is 0.374. The van der Waals surface area contributed by atoms with Crippen molar-refractivity contribution in [1.29, 1.82) is 0 Å². The van der Waals surface area contributed by atoms with Crippen molar-refractivity contribution in [2.45, 2.75) is 33.6 Å². The Morgan fingerprint density at radius 1 is 1.26 bits per heavy atom. The molecule has 2 rings (SSSR count). The molecule has 6 nitrogen and oxygen atoms in total. The Morgan fingerprint density at radius 2 is 1.95 bits per heavy atom. The van der Waals surface area contributed by atoms with Crippen molar-refractivity contribution in [2.24, 2.45) is 11.3 Å². The summed E-state index contributed by atoms with van der Waals surface area (Å²) in [5, 5.41) is 6.19. The monoisotopic (exact) mass is 265 g/mol. The Morgan fingerprint density at radius 3 is 2.53 bits per heavy atom. The molecule has 2 N–H and O–H groups in total. The molecule has 1 aliphatic carbocycles. The molecule has 106 valence electrons. The van der Waals surface area contributed by atoms with Crippen LogP contribution in [0.5, 0.6) is 6.01 Å². The Balaban J connectivity index is 1.98. The lowest BCUT2D eigenvalue weighted by atomic mass is 10.1. The van der Waals surface area contributed by atoms with Gasteiger partial charge < -0.3 is 15.4 Å². The molecule has 1 heterocycles. The van der Waals surface area contributed by atoms with E-state index in [0.717, 1.165) is 13.0 Å². The van der Waals surface area contributed by atoms with Crippen molar-refractivity contribution in [2.75, 3.05) is 30.8 Å². The van der Waals surface area contributed by atoms with E-state index in [1.54, 1.807) is 7.05 Å². The normalized spacial score (nSPS) is 19.9. The van der Waals surface area contributed by atoms with Crippen LogP contribution in [0.15, 0.2) is 0 Å². The van der Waals surface area contributed by atoms with Crippen LogP contribution in [0.4, 0.5) is 11.9 Å². The van der Waals surface area contributed by atoms with Crippen LogP contribution in [-0.4, -0.2) is 35.2 Å². The van der Waals surface area contributed by atoms with Crippen LogP contribution in [0.2, 0.25) is 0 Å². The van der Waals surface area contributed by atoms with Crippen LogP contribution < -0.4 is 15.4 Å². The van der Waals surface area contributed by atoms with Crippen LogP contribution >= 0.6 is 0 Å². The average molecular weight is 265 g/mol. The lowest BCUT2D eigenvalue weighted by molar-refractivity contribution is 0.292. The lowest BCUT2D eigenvalue weighted by Gasteiger charge is -2.09. The van der Waals surface area contributed by atoms with Crippen molar-refractivity contribution in [3.63, 3.8) is 0 Å². The van der Waals surface area contributed by atoms with Crippen molar-refractivity contribution in [3.05, 3.63) is 0 Å². The number of hydrogen-bond donors (Lipinski definition) is 2. The van der Waals surface area contributed by atoms with Crippen LogP contribution in [0, 0.1) is 11.3 Å². The van der Waals surface area contributed by atoms with E-state index in [1.165, 1.54) is 6.42 Å². The minimum absolute atomic E-state index is 0.374. The van der Waals surface area contributed by atoms with E-state index in [-0.39, 0.29) is 0 Å². The van der Waals surface area contributed by atoms with Gasteiger partial charge in [-0.2, -0.15) is 15.0 Å². The van der Waals surface area contributed by atoms with Gasteiger partial charge >= 0.3 is 6.01 Å². The highest BCUT2D eigenvalue weighted by atomic mass is 16.5. The van der Waals surface area contributed by atoms with E-state index in [9.17, 15) is 0 Å². The van der Waals surface area contributed by atoms with Gasteiger partial charge in [0.15, 0.2) is 0 Å². The summed E-state index contributed by atoms with van der Waals surface area (Å²) >= 11 is 0. The smallest absolute Gasteiger partial charge is 0.323 e. The number of aromatic nitrogens is 3. The van der Waals surface area contributed by atoms with Crippen LogP contribution in [0.3, 0.4) is 0 Å². The Kier molecular flexibility index (Phi) is 4.07. The van der Waals surface area contributed by atoms with E-state index in [2.05, 4.69) is 46.4 Å². The van der Waals surface area contributed by atoms with Crippen molar-refractivity contribution < 1.29 is 4.74 Å². The third-order valence-corrected chi connectivity index (χ3v) is 3.50. The van der Waals surface area contributed by atoms with E-state index in [0.29, 0.717) is 35.8 Å².